The maximum Gasteiger partial charge on any atom is 0.273 e. The molecule has 7 heteroatoms. The summed E-state index contributed by atoms with van der Waals surface area (Å²) in [7, 11) is 0. The third-order valence-corrected chi connectivity index (χ3v) is 6.06. The minimum atomic E-state index is -0.609. The van der Waals surface area contributed by atoms with Crippen molar-refractivity contribution in [2.24, 2.45) is 17.8 Å². The Labute approximate surface area is 185 Å². The van der Waals surface area contributed by atoms with Crippen molar-refractivity contribution in [3.8, 4) is 0 Å². The number of nitrogens with zero attached hydrogens (tertiary/aromatic N) is 2. The largest absolute Gasteiger partial charge is 0.292 e. The lowest BCUT2D eigenvalue weighted by atomic mass is 9.78. The molecule has 2 aromatic rings. The average molecular weight is 437 g/mol. The number of hydrogen-bond acceptors (Lipinski definition) is 4. The molecule has 1 fully saturated rings. The van der Waals surface area contributed by atoms with Gasteiger partial charge in [-0.3, -0.25) is 19.2 Å². The summed E-state index contributed by atoms with van der Waals surface area (Å²) in [6.07, 6.45) is 4.24. The van der Waals surface area contributed by atoms with Crippen LogP contribution in [0.2, 0.25) is 5.02 Å². The highest BCUT2D eigenvalue weighted by Gasteiger charge is 2.53. The second-order valence-corrected chi connectivity index (χ2v) is 8.24. The van der Waals surface area contributed by atoms with E-state index < -0.39 is 36.1 Å². The number of carbonyl (C=O) groups excluding carboxylic acids is 4. The number of halogens is 1. The minimum Gasteiger partial charge on any atom is -0.292 e. The fraction of sp³-hybridized carbons (Fsp3) is 0.250. The molecule has 2 aromatic carbocycles. The minimum absolute atomic E-state index is 0.127. The van der Waals surface area contributed by atoms with E-state index in [4.69, 9.17) is 11.6 Å². The van der Waals surface area contributed by atoms with Crippen molar-refractivity contribution in [3.05, 3.63) is 82.9 Å². The second-order valence-electron chi connectivity index (χ2n) is 7.80. The quantitative estimate of drug-likeness (QED) is 0.406. The Balaban J connectivity index is 1.70. The Bertz CT molecular complexity index is 1060. The Kier molecular flexibility index (Phi) is 5.74. The zero-order valence-corrected chi connectivity index (χ0v) is 17.7. The highest BCUT2D eigenvalue weighted by Crippen LogP contribution is 2.39. The number of fused-ring (bicyclic) bond motifs is 1. The molecule has 0 aromatic heterocycles. The number of carbonyl (C=O) groups is 4. The van der Waals surface area contributed by atoms with Gasteiger partial charge in [-0.1, -0.05) is 61.0 Å². The van der Waals surface area contributed by atoms with Gasteiger partial charge in [-0.25, -0.2) is 5.01 Å². The molecule has 1 aliphatic heterocycles. The van der Waals surface area contributed by atoms with Gasteiger partial charge in [-0.15, -0.1) is 0 Å². The highest BCUT2D eigenvalue weighted by molar-refractivity contribution is 6.30. The first kappa shape index (κ1) is 21.0. The SMILES string of the molecule is C[C@@H]1C=CC[C@H]2C(=O)N(N(CC(=O)c3ccccc3)C(=O)c3ccc(Cl)cc3)C(=O)[C@@H]12. The smallest absolute Gasteiger partial charge is 0.273 e. The molecule has 0 radical (unpaired) electrons. The van der Waals surface area contributed by atoms with Crippen LogP contribution in [0.1, 0.15) is 34.1 Å². The molecule has 4 rings (SSSR count). The van der Waals surface area contributed by atoms with Gasteiger partial charge in [0.25, 0.3) is 17.7 Å². The van der Waals surface area contributed by atoms with Crippen molar-refractivity contribution in [3.63, 3.8) is 0 Å². The molecule has 0 spiro atoms. The summed E-state index contributed by atoms with van der Waals surface area (Å²) in [5, 5.41) is 2.31. The number of hydrogen-bond donors (Lipinski definition) is 0. The average Bonchev–Trinajstić information content (AvgIpc) is 3.03. The van der Waals surface area contributed by atoms with Gasteiger partial charge in [0.15, 0.2) is 5.78 Å². The predicted molar refractivity (Wildman–Crippen MR) is 115 cm³/mol. The number of ketones is 1. The molecule has 3 amide bonds. The van der Waals surface area contributed by atoms with Crippen molar-refractivity contribution in [1.29, 1.82) is 0 Å². The van der Waals surface area contributed by atoms with Gasteiger partial charge < -0.3 is 0 Å². The summed E-state index contributed by atoms with van der Waals surface area (Å²) >= 11 is 5.93. The first-order valence-electron chi connectivity index (χ1n) is 10.1. The fourth-order valence-corrected chi connectivity index (χ4v) is 4.32. The Hall–Kier alpha value is -3.25. The number of benzene rings is 2. The van der Waals surface area contributed by atoms with Gasteiger partial charge >= 0.3 is 0 Å². The van der Waals surface area contributed by atoms with E-state index in [1.165, 1.54) is 12.1 Å². The zero-order valence-electron chi connectivity index (χ0n) is 16.9. The molecule has 6 nitrogen and oxygen atoms in total. The number of hydrazine groups is 1. The van der Waals surface area contributed by atoms with Crippen LogP contribution in [-0.4, -0.2) is 40.1 Å². The molecule has 0 unspecified atom stereocenters. The molecule has 1 heterocycles. The van der Waals surface area contributed by atoms with E-state index in [9.17, 15) is 19.2 Å². The van der Waals surface area contributed by atoms with Gasteiger partial charge in [0.2, 0.25) is 0 Å². The van der Waals surface area contributed by atoms with E-state index in [2.05, 4.69) is 0 Å². The molecule has 0 saturated carbocycles. The van der Waals surface area contributed by atoms with Crippen LogP contribution in [0.25, 0.3) is 0 Å². The first-order chi connectivity index (χ1) is 14.9. The third-order valence-electron chi connectivity index (χ3n) is 5.81. The van der Waals surface area contributed by atoms with E-state index in [-0.39, 0.29) is 17.3 Å². The van der Waals surface area contributed by atoms with Crippen LogP contribution >= 0.6 is 11.6 Å². The number of amides is 3. The maximum atomic E-state index is 13.4. The van der Waals surface area contributed by atoms with Crippen LogP contribution in [-0.2, 0) is 9.59 Å². The van der Waals surface area contributed by atoms with Crippen molar-refractivity contribution in [2.75, 3.05) is 6.54 Å². The van der Waals surface area contributed by atoms with Gasteiger partial charge in [0.05, 0.1) is 11.8 Å². The van der Waals surface area contributed by atoms with Crippen molar-refractivity contribution >= 4 is 35.1 Å². The highest BCUT2D eigenvalue weighted by atomic mass is 35.5. The van der Waals surface area contributed by atoms with Crippen LogP contribution in [0.15, 0.2) is 66.7 Å². The van der Waals surface area contributed by atoms with Crippen LogP contribution in [0.3, 0.4) is 0 Å². The summed E-state index contributed by atoms with van der Waals surface area (Å²) < 4.78 is 0. The Morgan fingerprint density at radius 1 is 1.00 bits per heavy atom. The van der Waals surface area contributed by atoms with Gasteiger partial charge in [0, 0.05) is 16.1 Å². The van der Waals surface area contributed by atoms with E-state index in [0.29, 0.717) is 17.0 Å². The predicted octanol–water partition coefficient (Wildman–Crippen LogP) is 3.78. The lowest BCUT2D eigenvalue weighted by molar-refractivity contribution is -0.154. The molecule has 31 heavy (non-hydrogen) atoms. The standard InChI is InChI=1S/C24H21ClN2O4/c1-15-6-5-9-19-21(15)24(31)27(23(19)30)26(14-20(28)16-7-3-2-4-8-16)22(29)17-10-12-18(25)13-11-17/h2-8,10-13,15,19,21H,9,14H2,1H3/t15-,19-,21+/m1/s1. The fourth-order valence-electron chi connectivity index (χ4n) is 4.20. The van der Waals surface area contributed by atoms with Crippen molar-refractivity contribution in [2.45, 2.75) is 13.3 Å². The molecule has 2 aliphatic rings. The molecule has 0 N–H and O–H groups in total. The normalized spacial score (nSPS) is 22.4. The van der Waals surface area contributed by atoms with E-state index in [1.807, 2.05) is 19.1 Å². The van der Waals surface area contributed by atoms with Gasteiger partial charge in [0.1, 0.15) is 6.54 Å². The monoisotopic (exact) mass is 436 g/mol. The van der Waals surface area contributed by atoms with E-state index in [1.54, 1.807) is 42.5 Å². The van der Waals surface area contributed by atoms with Crippen LogP contribution in [0.5, 0.6) is 0 Å². The molecule has 158 valence electrons. The van der Waals surface area contributed by atoms with E-state index >= 15 is 0 Å². The third kappa shape index (κ3) is 3.91. The molecular formula is C24H21ClN2O4. The summed E-state index contributed by atoms with van der Waals surface area (Å²) in [6.45, 7) is 1.45. The molecule has 0 bridgehead atoms. The van der Waals surface area contributed by atoms with Crippen LogP contribution in [0, 0.1) is 17.8 Å². The zero-order chi connectivity index (χ0) is 22.1. The molecule has 1 aliphatic carbocycles. The number of Topliss-reactive ketones (excluding diaryl/α,β-unsaturated/α-hetero) is 1. The molecule has 1 saturated heterocycles. The van der Waals surface area contributed by atoms with Crippen LogP contribution < -0.4 is 0 Å². The summed E-state index contributed by atoms with van der Waals surface area (Å²) in [5.41, 5.74) is 0.620. The molecule has 3 atom stereocenters. The second kappa shape index (κ2) is 8.47. The number of imide groups is 1. The molecular weight excluding hydrogens is 416 g/mol. The van der Waals surface area contributed by atoms with Crippen molar-refractivity contribution in [1.82, 2.24) is 10.0 Å². The van der Waals surface area contributed by atoms with Gasteiger partial charge in [-0.2, -0.15) is 5.01 Å². The summed E-state index contributed by atoms with van der Waals surface area (Å²) in [4.78, 5) is 52.7. The Morgan fingerprint density at radius 2 is 1.68 bits per heavy atom. The van der Waals surface area contributed by atoms with Gasteiger partial charge in [-0.05, 0) is 36.6 Å². The number of allylic oxidation sites excluding steroid dienone is 2. The van der Waals surface area contributed by atoms with Crippen molar-refractivity contribution < 1.29 is 19.2 Å². The maximum absolute atomic E-state index is 13.4. The lowest BCUT2D eigenvalue weighted by Gasteiger charge is -2.30. The van der Waals surface area contributed by atoms with Crippen LogP contribution in [0.4, 0.5) is 0 Å². The summed E-state index contributed by atoms with van der Waals surface area (Å²) in [6, 6.07) is 14.6. The topological polar surface area (TPSA) is 74.8 Å². The number of rotatable bonds is 5. The Morgan fingerprint density at radius 3 is 2.32 bits per heavy atom. The summed E-state index contributed by atoms with van der Waals surface area (Å²) in [5.74, 6) is -3.07. The first-order valence-corrected chi connectivity index (χ1v) is 10.5. The lowest BCUT2D eigenvalue weighted by Crippen LogP contribution is -2.52. The van der Waals surface area contributed by atoms with E-state index in [0.717, 1.165) is 10.0 Å².